The van der Waals surface area contributed by atoms with Crippen LogP contribution in [-0.2, 0) is 16.6 Å². The van der Waals surface area contributed by atoms with Gasteiger partial charge in [-0.15, -0.1) is 0 Å². The van der Waals surface area contributed by atoms with Gasteiger partial charge in [-0.2, -0.15) is 0 Å². The van der Waals surface area contributed by atoms with E-state index in [-0.39, 0.29) is 16.3 Å². The lowest BCUT2D eigenvalue weighted by Crippen LogP contribution is -2.18. The third-order valence-corrected chi connectivity index (χ3v) is 5.97. The van der Waals surface area contributed by atoms with Gasteiger partial charge in [-0.3, -0.25) is 15.0 Å². The summed E-state index contributed by atoms with van der Waals surface area (Å²) in [5, 5.41) is 14.5. The molecule has 0 aliphatic carbocycles. The zero-order valence-electron chi connectivity index (χ0n) is 15.0. The van der Waals surface area contributed by atoms with Crippen LogP contribution in [0.2, 0.25) is 0 Å². The van der Waals surface area contributed by atoms with Crippen LogP contribution in [0.3, 0.4) is 0 Å². The van der Waals surface area contributed by atoms with Crippen LogP contribution >= 0.6 is 0 Å². The average molecular weight is 390 g/mol. The molecular weight excluding hydrogens is 368 g/mol. The highest BCUT2D eigenvalue weighted by Crippen LogP contribution is 2.30. The first-order valence-electron chi connectivity index (χ1n) is 8.69. The molecule has 0 unspecified atom stereocenters. The van der Waals surface area contributed by atoms with Crippen LogP contribution in [0.25, 0.3) is 0 Å². The molecule has 1 saturated heterocycles. The highest BCUT2D eigenvalue weighted by molar-refractivity contribution is 7.89. The zero-order valence-corrected chi connectivity index (χ0v) is 15.8. The third-order valence-electron chi connectivity index (χ3n) is 4.56. The van der Waals surface area contributed by atoms with Crippen LogP contribution in [0.1, 0.15) is 18.4 Å². The predicted octanol–water partition coefficient (Wildman–Crippen LogP) is 2.84. The number of anilines is 2. The molecule has 1 fully saturated rings. The van der Waals surface area contributed by atoms with Crippen molar-refractivity contribution >= 4 is 27.1 Å². The molecule has 0 saturated carbocycles. The summed E-state index contributed by atoms with van der Waals surface area (Å²) in [7, 11) is -2.49. The maximum Gasteiger partial charge on any atom is 0.294 e. The summed E-state index contributed by atoms with van der Waals surface area (Å²) >= 11 is 0. The van der Waals surface area contributed by atoms with E-state index in [1.54, 1.807) is 0 Å². The quantitative estimate of drug-likeness (QED) is 0.556. The van der Waals surface area contributed by atoms with Gasteiger partial charge in [0.05, 0.1) is 9.82 Å². The van der Waals surface area contributed by atoms with E-state index in [0.29, 0.717) is 0 Å². The summed E-state index contributed by atoms with van der Waals surface area (Å²) in [6.07, 6.45) is 2.43. The Morgan fingerprint density at radius 1 is 1.15 bits per heavy atom. The Morgan fingerprint density at radius 3 is 2.56 bits per heavy atom. The van der Waals surface area contributed by atoms with E-state index in [1.165, 1.54) is 32.0 Å². The van der Waals surface area contributed by atoms with E-state index < -0.39 is 14.9 Å². The molecule has 2 N–H and O–H groups in total. The zero-order chi connectivity index (χ0) is 19.4. The van der Waals surface area contributed by atoms with Crippen LogP contribution in [0.5, 0.6) is 0 Å². The van der Waals surface area contributed by atoms with Crippen LogP contribution in [0.4, 0.5) is 17.1 Å². The van der Waals surface area contributed by atoms with E-state index in [2.05, 4.69) is 14.9 Å². The lowest BCUT2D eigenvalue weighted by atomic mass is 10.1. The molecule has 0 atom stereocenters. The third kappa shape index (κ3) is 4.62. The monoisotopic (exact) mass is 390 g/mol. The summed E-state index contributed by atoms with van der Waals surface area (Å²) in [5.74, 6) is 0. The Bertz CT molecular complexity index is 940. The fourth-order valence-electron chi connectivity index (χ4n) is 3.16. The van der Waals surface area contributed by atoms with Crippen LogP contribution in [0, 0.1) is 10.1 Å². The van der Waals surface area contributed by atoms with Gasteiger partial charge in [0.2, 0.25) is 10.0 Å². The largest absolute Gasteiger partial charge is 0.350 e. The van der Waals surface area contributed by atoms with E-state index in [0.717, 1.165) is 37.0 Å². The summed E-state index contributed by atoms with van der Waals surface area (Å²) < 4.78 is 26.0. The fourth-order valence-corrected chi connectivity index (χ4v) is 3.90. The molecule has 1 aliphatic heterocycles. The first-order chi connectivity index (χ1) is 12.9. The number of nitro groups is 1. The second-order valence-corrected chi connectivity index (χ2v) is 8.34. The first-order valence-corrected chi connectivity index (χ1v) is 10.2. The number of nitrogens with one attached hydrogen (secondary N) is 2. The maximum absolute atomic E-state index is 11.9. The lowest BCUT2D eigenvalue weighted by molar-refractivity contribution is -0.384. The van der Waals surface area contributed by atoms with Gasteiger partial charge in [-0.05, 0) is 62.8 Å². The predicted molar refractivity (Wildman–Crippen MR) is 104 cm³/mol. The molecule has 1 aliphatic rings. The second-order valence-electron chi connectivity index (χ2n) is 6.45. The molecule has 2 aromatic rings. The summed E-state index contributed by atoms with van der Waals surface area (Å²) in [6.45, 7) is 3.02. The van der Waals surface area contributed by atoms with Gasteiger partial charge in [-0.1, -0.05) is 12.1 Å². The van der Waals surface area contributed by atoms with E-state index >= 15 is 0 Å². The number of benzene rings is 2. The second kappa shape index (κ2) is 8.03. The van der Waals surface area contributed by atoms with Crippen molar-refractivity contribution in [3.05, 3.63) is 58.1 Å². The van der Waals surface area contributed by atoms with Crippen molar-refractivity contribution in [3.8, 4) is 0 Å². The number of nitrogens with zero attached hydrogens (tertiary/aromatic N) is 2. The van der Waals surface area contributed by atoms with Crippen molar-refractivity contribution in [1.82, 2.24) is 9.62 Å². The van der Waals surface area contributed by atoms with E-state index in [1.807, 2.05) is 24.3 Å². The smallest absolute Gasteiger partial charge is 0.294 e. The summed E-state index contributed by atoms with van der Waals surface area (Å²) in [5.41, 5.74) is 1.79. The van der Waals surface area contributed by atoms with Crippen LogP contribution < -0.4 is 10.0 Å². The lowest BCUT2D eigenvalue weighted by Gasteiger charge is -2.15. The number of hydrogen-bond acceptors (Lipinski definition) is 6. The van der Waals surface area contributed by atoms with Crippen molar-refractivity contribution in [3.63, 3.8) is 0 Å². The fraction of sp³-hybridized carbons (Fsp3) is 0.333. The van der Waals surface area contributed by atoms with Gasteiger partial charge in [0.1, 0.15) is 5.69 Å². The summed E-state index contributed by atoms with van der Waals surface area (Å²) in [4.78, 5) is 13.1. The number of rotatable bonds is 7. The molecule has 3 rings (SSSR count). The molecule has 2 aromatic carbocycles. The van der Waals surface area contributed by atoms with Gasteiger partial charge in [0.15, 0.2) is 0 Å². The molecule has 9 heteroatoms. The van der Waals surface area contributed by atoms with Crippen LogP contribution in [-0.4, -0.2) is 38.4 Å². The van der Waals surface area contributed by atoms with Crippen molar-refractivity contribution in [1.29, 1.82) is 0 Å². The van der Waals surface area contributed by atoms with Gasteiger partial charge in [0, 0.05) is 18.3 Å². The summed E-state index contributed by atoms with van der Waals surface area (Å²) in [6, 6.07) is 11.5. The minimum absolute atomic E-state index is 0.148. The molecule has 0 amide bonds. The standard InChI is InChI=1S/C18H22N4O4S/c1-19-27(25,26)16-7-8-17(18(12-16)22(23)24)20-15-6-4-5-14(11-15)13-21-9-2-3-10-21/h4-8,11-12,19-20H,2-3,9-10,13H2,1H3. The minimum atomic E-state index is -3.75. The SMILES string of the molecule is CNS(=O)(=O)c1ccc(Nc2cccc(CN3CCCC3)c2)c([N+](=O)[O-])c1. The molecule has 8 nitrogen and oxygen atoms in total. The molecule has 0 bridgehead atoms. The molecule has 144 valence electrons. The Balaban J connectivity index is 1.85. The molecule has 0 aromatic heterocycles. The first kappa shape index (κ1) is 19.3. The van der Waals surface area contributed by atoms with Gasteiger partial charge >= 0.3 is 0 Å². The van der Waals surface area contributed by atoms with Crippen molar-refractivity contribution < 1.29 is 13.3 Å². The number of nitro benzene ring substituents is 1. The maximum atomic E-state index is 11.9. The van der Waals surface area contributed by atoms with Gasteiger partial charge < -0.3 is 5.32 Å². The van der Waals surface area contributed by atoms with Gasteiger partial charge in [0.25, 0.3) is 5.69 Å². The van der Waals surface area contributed by atoms with E-state index in [9.17, 15) is 18.5 Å². The average Bonchev–Trinajstić information content (AvgIpc) is 3.15. The Hall–Kier alpha value is -2.49. The highest BCUT2D eigenvalue weighted by atomic mass is 32.2. The Kier molecular flexibility index (Phi) is 5.73. The number of likely N-dealkylation sites (tertiary alicyclic amines) is 1. The normalized spacial score (nSPS) is 15.0. The Labute approximate surface area is 158 Å². The Morgan fingerprint density at radius 2 is 1.89 bits per heavy atom. The molecule has 27 heavy (non-hydrogen) atoms. The molecular formula is C18H22N4O4S. The number of hydrogen-bond donors (Lipinski definition) is 2. The van der Waals surface area contributed by atoms with Crippen molar-refractivity contribution in [2.24, 2.45) is 0 Å². The van der Waals surface area contributed by atoms with Crippen LogP contribution in [0.15, 0.2) is 47.4 Å². The van der Waals surface area contributed by atoms with Crippen molar-refractivity contribution in [2.45, 2.75) is 24.3 Å². The molecule has 0 radical (unpaired) electrons. The highest BCUT2D eigenvalue weighted by Gasteiger charge is 2.20. The molecule has 0 spiro atoms. The topological polar surface area (TPSA) is 105 Å². The van der Waals surface area contributed by atoms with E-state index in [4.69, 9.17) is 0 Å². The van der Waals surface area contributed by atoms with Crippen molar-refractivity contribution in [2.75, 3.05) is 25.5 Å². The molecule has 1 heterocycles. The number of sulfonamides is 1. The minimum Gasteiger partial charge on any atom is -0.350 e. The van der Waals surface area contributed by atoms with Gasteiger partial charge in [-0.25, -0.2) is 13.1 Å².